The van der Waals surface area contributed by atoms with Gasteiger partial charge in [-0.05, 0) is 89.9 Å². The molecule has 55 heavy (non-hydrogen) atoms. The van der Waals surface area contributed by atoms with Gasteiger partial charge in [-0.15, -0.1) is 0 Å². The highest BCUT2D eigenvalue weighted by Gasteiger charge is 2.20. The Labute approximate surface area is 337 Å². The summed E-state index contributed by atoms with van der Waals surface area (Å²) in [7, 11) is 1.30. The lowest BCUT2D eigenvalue weighted by molar-refractivity contribution is -0.870. The van der Waals surface area contributed by atoms with Gasteiger partial charge < -0.3 is 27.9 Å². The van der Waals surface area contributed by atoms with E-state index in [4.69, 9.17) is 18.5 Å². The molecule has 0 saturated carbocycles. The van der Waals surface area contributed by atoms with E-state index in [-0.39, 0.29) is 32.2 Å². The number of carbonyl (C=O) groups excluding carboxylic acids is 1. The molecule has 0 aliphatic rings. The van der Waals surface area contributed by atoms with Gasteiger partial charge >= 0.3 is 5.97 Å². The van der Waals surface area contributed by atoms with Gasteiger partial charge in [-0.2, -0.15) is 0 Å². The van der Waals surface area contributed by atoms with Crippen molar-refractivity contribution in [1.82, 2.24) is 0 Å². The van der Waals surface area contributed by atoms with E-state index in [0.717, 1.165) is 103 Å². The van der Waals surface area contributed by atoms with Crippen LogP contribution in [0.2, 0.25) is 0 Å². The Bertz CT molecular complexity index is 1190. The number of phosphoric acid groups is 1. The Morgan fingerprint density at radius 1 is 0.564 bits per heavy atom. The number of likely N-dealkylation sites (N-methyl/N-ethyl adjacent to an activating group) is 1. The minimum Gasteiger partial charge on any atom is -0.756 e. The van der Waals surface area contributed by atoms with Crippen molar-refractivity contribution in [2.75, 3.05) is 54.1 Å². The Balaban J connectivity index is 4.36. The summed E-state index contributed by atoms with van der Waals surface area (Å²) in [5.74, 6) is -0.378. The molecule has 0 spiro atoms. The number of esters is 1. The van der Waals surface area contributed by atoms with Crippen LogP contribution in [0.3, 0.4) is 0 Å². The van der Waals surface area contributed by atoms with Crippen LogP contribution in [-0.4, -0.2) is 70.7 Å². The molecule has 2 atom stereocenters. The monoisotopic (exact) mass is 788 g/mol. The molecule has 8 nitrogen and oxygen atoms in total. The van der Waals surface area contributed by atoms with E-state index in [2.05, 4.69) is 111 Å². The quantitative estimate of drug-likeness (QED) is 0.0203. The van der Waals surface area contributed by atoms with Gasteiger partial charge in [0.25, 0.3) is 7.82 Å². The van der Waals surface area contributed by atoms with Crippen molar-refractivity contribution >= 4 is 13.8 Å². The molecule has 0 aliphatic carbocycles. The van der Waals surface area contributed by atoms with Crippen molar-refractivity contribution in [2.45, 2.75) is 136 Å². The first-order valence-corrected chi connectivity index (χ1v) is 22.4. The number of unbranched alkanes of at least 4 members (excludes halogenated alkanes) is 7. The molecule has 9 heteroatoms. The van der Waals surface area contributed by atoms with Gasteiger partial charge in [0.05, 0.1) is 34.4 Å². The summed E-state index contributed by atoms with van der Waals surface area (Å²) in [6.07, 6.45) is 51.4. The lowest BCUT2D eigenvalue weighted by Crippen LogP contribution is -2.37. The number of carbonyl (C=O) groups is 1. The first-order chi connectivity index (χ1) is 26.6. The number of hydrogen-bond acceptors (Lipinski definition) is 7. The Hall–Kier alpha value is -2.58. The summed E-state index contributed by atoms with van der Waals surface area (Å²) in [5, 5.41) is 0. The van der Waals surface area contributed by atoms with Crippen LogP contribution in [0, 0.1) is 0 Å². The summed E-state index contributed by atoms with van der Waals surface area (Å²) in [6, 6.07) is 0. The van der Waals surface area contributed by atoms with E-state index in [1.165, 1.54) is 0 Å². The minimum absolute atomic E-state index is 0.00878. The van der Waals surface area contributed by atoms with Crippen molar-refractivity contribution < 1.29 is 37.3 Å². The molecule has 0 aromatic heterocycles. The summed E-state index contributed by atoms with van der Waals surface area (Å²) >= 11 is 0. The van der Waals surface area contributed by atoms with Crippen LogP contribution < -0.4 is 4.89 Å². The van der Waals surface area contributed by atoms with Crippen LogP contribution in [0.4, 0.5) is 0 Å². The average molecular weight is 788 g/mol. The number of allylic oxidation sites excluding steroid dienone is 16. The molecule has 0 radical (unpaired) electrons. The van der Waals surface area contributed by atoms with E-state index in [1.807, 2.05) is 21.1 Å². The minimum atomic E-state index is -4.54. The lowest BCUT2D eigenvalue weighted by atomic mass is 10.1. The molecule has 0 amide bonds. The van der Waals surface area contributed by atoms with Crippen LogP contribution >= 0.6 is 7.82 Å². The molecule has 0 aliphatic heterocycles. The third-order valence-corrected chi connectivity index (χ3v) is 9.09. The molecule has 0 heterocycles. The average Bonchev–Trinajstić information content (AvgIpc) is 3.13. The molecular weight excluding hydrogens is 709 g/mol. The highest BCUT2D eigenvalue weighted by Crippen LogP contribution is 2.38. The predicted molar refractivity (Wildman–Crippen MR) is 231 cm³/mol. The van der Waals surface area contributed by atoms with Gasteiger partial charge in [0, 0.05) is 13.0 Å². The molecule has 0 aromatic rings. The van der Waals surface area contributed by atoms with Crippen LogP contribution in [0.25, 0.3) is 0 Å². The smallest absolute Gasteiger partial charge is 0.306 e. The summed E-state index contributed by atoms with van der Waals surface area (Å²) < 4.78 is 34.5. The third kappa shape index (κ3) is 42.4. The maximum atomic E-state index is 12.6. The van der Waals surface area contributed by atoms with Gasteiger partial charge in [0.2, 0.25) is 0 Å². The molecule has 0 aromatic carbocycles. The summed E-state index contributed by atoms with van der Waals surface area (Å²) in [4.78, 5) is 25.0. The van der Waals surface area contributed by atoms with Gasteiger partial charge in [0.15, 0.2) is 0 Å². The zero-order chi connectivity index (χ0) is 40.6. The van der Waals surface area contributed by atoms with Crippen molar-refractivity contribution in [2.24, 2.45) is 0 Å². The van der Waals surface area contributed by atoms with Gasteiger partial charge in [0.1, 0.15) is 19.3 Å². The Kier molecular flexibility index (Phi) is 36.5. The molecule has 0 bridgehead atoms. The van der Waals surface area contributed by atoms with Crippen LogP contribution in [0.1, 0.15) is 129 Å². The van der Waals surface area contributed by atoms with Crippen LogP contribution in [-0.2, 0) is 27.9 Å². The Morgan fingerprint density at radius 3 is 1.47 bits per heavy atom. The number of phosphoric ester groups is 1. The molecule has 0 saturated heterocycles. The predicted octanol–water partition coefficient (Wildman–Crippen LogP) is 11.6. The van der Waals surface area contributed by atoms with Gasteiger partial charge in [-0.25, -0.2) is 0 Å². The fourth-order valence-electron chi connectivity index (χ4n) is 4.94. The van der Waals surface area contributed by atoms with Gasteiger partial charge in [-0.1, -0.05) is 130 Å². The fourth-order valence-corrected chi connectivity index (χ4v) is 5.67. The second kappa shape index (κ2) is 38.3. The highest BCUT2D eigenvalue weighted by atomic mass is 31.2. The maximum Gasteiger partial charge on any atom is 0.306 e. The van der Waals surface area contributed by atoms with Crippen LogP contribution in [0.5, 0.6) is 0 Å². The van der Waals surface area contributed by atoms with Crippen molar-refractivity contribution in [1.29, 1.82) is 0 Å². The Morgan fingerprint density at radius 2 is 1.00 bits per heavy atom. The maximum absolute atomic E-state index is 12.6. The first kappa shape index (κ1) is 52.4. The van der Waals surface area contributed by atoms with Crippen molar-refractivity contribution in [3.63, 3.8) is 0 Å². The van der Waals surface area contributed by atoms with Crippen molar-refractivity contribution in [3.8, 4) is 0 Å². The zero-order valence-electron chi connectivity index (χ0n) is 35.3. The topological polar surface area (TPSA) is 94.1 Å². The molecule has 0 fully saturated rings. The van der Waals surface area contributed by atoms with E-state index in [0.29, 0.717) is 24.1 Å². The fraction of sp³-hybridized carbons (Fsp3) is 0.630. The first-order valence-electron chi connectivity index (χ1n) is 21.0. The number of hydrogen-bond donors (Lipinski definition) is 0. The summed E-state index contributed by atoms with van der Waals surface area (Å²) in [6.45, 7) is 5.03. The standard InChI is InChI=1S/C46H78NO7P/c1-6-8-10-12-14-16-18-20-21-22-23-24-25-26-28-30-32-34-36-38-41-51-43-45(44-53-55(49,50)52-42-40-47(3,4)5)54-46(48)39-37-35-33-31-29-27-19-17-15-13-11-9-7-2/h8-11,14-17,20-21,23-24,26-29,45H,6-7,12-13,18-19,22,25,30-44H2,1-5H3/b10-8-,11-9-,16-14-,17-15-,21-20-,24-23-,28-26-,29-27-. The highest BCUT2D eigenvalue weighted by molar-refractivity contribution is 7.45. The van der Waals surface area contributed by atoms with Crippen molar-refractivity contribution in [3.05, 3.63) is 97.2 Å². The van der Waals surface area contributed by atoms with E-state index < -0.39 is 13.9 Å². The van der Waals surface area contributed by atoms with Crippen LogP contribution in [0.15, 0.2) is 97.2 Å². The normalized spacial score (nSPS) is 14.8. The molecule has 2 unspecified atom stereocenters. The summed E-state index contributed by atoms with van der Waals surface area (Å²) in [5.41, 5.74) is 0. The number of nitrogens with zero attached hydrogens (tertiary/aromatic N) is 1. The zero-order valence-corrected chi connectivity index (χ0v) is 36.2. The van der Waals surface area contributed by atoms with E-state index in [1.54, 1.807) is 0 Å². The number of rotatable bonds is 37. The van der Waals surface area contributed by atoms with Gasteiger partial charge in [-0.3, -0.25) is 9.36 Å². The third-order valence-electron chi connectivity index (χ3n) is 8.13. The lowest BCUT2D eigenvalue weighted by Gasteiger charge is -2.28. The largest absolute Gasteiger partial charge is 0.756 e. The SMILES string of the molecule is CC/C=C\C/C=C\C/C=C\C/C=C\C/C=C\CCCCCCOCC(COP(=O)([O-])OCC[N+](C)(C)C)OC(=O)CCCCC/C=C\C/C=C\C/C=C\CC. The molecule has 0 rings (SSSR count). The number of quaternary nitrogens is 1. The second-order valence-corrected chi connectivity index (χ2v) is 16.0. The number of ether oxygens (including phenoxy) is 2. The van der Waals surface area contributed by atoms with E-state index in [9.17, 15) is 14.3 Å². The molecular formula is C46H78NO7P. The molecule has 314 valence electrons. The molecule has 0 N–H and O–H groups in total. The van der Waals surface area contributed by atoms with E-state index >= 15 is 0 Å². The second-order valence-electron chi connectivity index (χ2n) is 14.6.